The Labute approximate surface area is 211 Å². The standard InChI is InChI=1S/C30H29N5O/c1-30(2)20-34-27-26(28(36)33(3)29(34)31-30)25(18-21-10-6-4-7-11-21)35(32-27)19-22-14-16-24(17-15-22)23-12-8-5-9-13-23/h4-17H,18-20H2,1-3H3. The molecule has 0 aliphatic carbocycles. The predicted molar refractivity (Wildman–Crippen MR) is 143 cm³/mol. The number of hydrogen-bond acceptors (Lipinski definition) is 4. The first-order valence-corrected chi connectivity index (χ1v) is 12.3. The Kier molecular flexibility index (Phi) is 5.25. The molecule has 0 fully saturated rings. The van der Waals surface area contributed by atoms with Gasteiger partial charge in [0.2, 0.25) is 5.96 Å². The highest BCUT2D eigenvalue weighted by molar-refractivity contribution is 6.19. The van der Waals surface area contributed by atoms with Crippen LogP contribution in [-0.2, 0) is 13.0 Å². The van der Waals surface area contributed by atoms with E-state index in [-0.39, 0.29) is 11.4 Å². The normalized spacial score (nSPS) is 16.1. The highest BCUT2D eigenvalue weighted by Gasteiger charge is 2.44. The van der Waals surface area contributed by atoms with E-state index in [1.807, 2.05) is 36.0 Å². The number of guanidine groups is 1. The fourth-order valence-corrected chi connectivity index (χ4v) is 5.10. The SMILES string of the molecule is CN1C(=O)c2c(nn(Cc3ccc(-c4ccccc4)cc3)c2Cc2ccccc2)N2CC(C)(C)N=C12. The van der Waals surface area contributed by atoms with Crippen LogP contribution in [0.2, 0.25) is 0 Å². The topological polar surface area (TPSA) is 53.7 Å². The zero-order valence-electron chi connectivity index (χ0n) is 20.8. The number of fused-ring (bicyclic) bond motifs is 3. The van der Waals surface area contributed by atoms with Gasteiger partial charge in [0.25, 0.3) is 5.91 Å². The van der Waals surface area contributed by atoms with Gasteiger partial charge in [-0.15, -0.1) is 0 Å². The number of anilines is 1. The van der Waals surface area contributed by atoms with E-state index in [1.165, 1.54) is 11.1 Å². The van der Waals surface area contributed by atoms with Crippen LogP contribution < -0.4 is 4.90 Å². The van der Waals surface area contributed by atoms with Gasteiger partial charge in [-0.2, -0.15) is 5.10 Å². The molecule has 3 heterocycles. The van der Waals surface area contributed by atoms with Crippen molar-refractivity contribution in [3.05, 3.63) is 107 Å². The van der Waals surface area contributed by atoms with E-state index in [0.29, 0.717) is 36.9 Å². The zero-order chi connectivity index (χ0) is 24.9. The van der Waals surface area contributed by atoms with Crippen molar-refractivity contribution in [3.63, 3.8) is 0 Å². The molecule has 0 radical (unpaired) electrons. The van der Waals surface area contributed by atoms with E-state index >= 15 is 0 Å². The van der Waals surface area contributed by atoms with Crippen LogP contribution in [0.15, 0.2) is 89.9 Å². The number of nitrogens with zero attached hydrogens (tertiary/aromatic N) is 5. The number of benzene rings is 3. The number of hydrogen-bond donors (Lipinski definition) is 0. The van der Waals surface area contributed by atoms with Crippen molar-refractivity contribution in [1.29, 1.82) is 0 Å². The number of aliphatic imine (C=N–C) groups is 1. The maximum absolute atomic E-state index is 13.6. The molecule has 4 aromatic rings. The quantitative estimate of drug-likeness (QED) is 0.397. The molecule has 6 rings (SSSR count). The van der Waals surface area contributed by atoms with Gasteiger partial charge in [0, 0.05) is 13.5 Å². The zero-order valence-corrected chi connectivity index (χ0v) is 20.8. The minimum Gasteiger partial charge on any atom is -0.292 e. The van der Waals surface area contributed by atoms with Crippen molar-refractivity contribution in [3.8, 4) is 11.1 Å². The Balaban J connectivity index is 1.41. The molecular weight excluding hydrogens is 446 g/mol. The Hall–Kier alpha value is -4.19. The molecule has 180 valence electrons. The third-order valence-electron chi connectivity index (χ3n) is 6.91. The van der Waals surface area contributed by atoms with E-state index < -0.39 is 0 Å². The molecule has 0 N–H and O–H groups in total. The fraction of sp³-hybridized carbons (Fsp3) is 0.233. The van der Waals surface area contributed by atoms with E-state index in [9.17, 15) is 4.79 Å². The lowest BCUT2D eigenvalue weighted by atomic mass is 10.0. The lowest BCUT2D eigenvalue weighted by Gasteiger charge is -2.30. The summed E-state index contributed by atoms with van der Waals surface area (Å²) in [6, 6.07) is 29.2. The molecule has 1 amide bonds. The molecule has 0 bridgehead atoms. The van der Waals surface area contributed by atoms with Crippen molar-refractivity contribution in [1.82, 2.24) is 14.7 Å². The summed E-state index contributed by atoms with van der Waals surface area (Å²) in [5, 5.41) is 5.03. The minimum atomic E-state index is -0.276. The molecule has 6 nitrogen and oxygen atoms in total. The van der Waals surface area contributed by atoms with Gasteiger partial charge in [-0.1, -0.05) is 84.9 Å². The molecule has 0 saturated carbocycles. The lowest BCUT2D eigenvalue weighted by Crippen LogP contribution is -2.48. The molecule has 0 spiro atoms. The monoisotopic (exact) mass is 475 g/mol. The first-order chi connectivity index (χ1) is 17.4. The van der Waals surface area contributed by atoms with Crippen LogP contribution >= 0.6 is 0 Å². The van der Waals surface area contributed by atoms with Gasteiger partial charge in [0.15, 0.2) is 5.82 Å². The summed E-state index contributed by atoms with van der Waals surface area (Å²) in [7, 11) is 1.81. The third kappa shape index (κ3) is 3.88. The highest BCUT2D eigenvalue weighted by atomic mass is 16.2. The summed E-state index contributed by atoms with van der Waals surface area (Å²) < 4.78 is 2.01. The summed E-state index contributed by atoms with van der Waals surface area (Å²) >= 11 is 0. The van der Waals surface area contributed by atoms with Crippen LogP contribution in [-0.4, -0.2) is 45.7 Å². The van der Waals surface area contributed by atoms with Crippen molar-refractivity contribution >= 4 is 17.7 Å². The second kappa shape index (κ2) is 8.48. The molecule has 0 unspecified atom stereocenters. The summed E-state index contributed by atoms with van der Waals surface area (Å²) in [5.74, 6) is 1.35. The molecule has 6 heteroatoms. The average molecular weight is 476 g/mol. The van der Waals surface area contributed by atoms with Gasteiger partial charge in [0.1, 0.15) is 5.56 Å². The number of rotatable bonds is 5. The van der Waals surface area contributed by atoms with E-state index in [4.69, 9.17) is 10.1 Å². The van der Waals surface area contributed by atoms with Gasteiger partial charge >= 0.3 is 0 Å². The first kappa shape index (κ1) is 22.3. The molecule has 0 saturated heterocycles. The molecule has 2 aliphatic rings. The number of aromatic nitrogens is 2. The van der Waals surface area contributed by atoms with Crippen LogP contribution in [0.3, 0.4) is 0 Å². The lowest BCUT2D eigenvalue weighted by molar-refractivity contribution is 0.0864. The molecule has 36 heavy (non-hydrogen) atoms. The third-order valence-corrected chi connectivity index (χ3v) is 6.91. The van der Waals surface area contributed by atoms with Crippen LogP contribution in [0, 0.1) is 0 Å². The summed E-state index contributed by atoms with van der Waals surface area (Å²) in [6.45, 7) is 5.46. The van der Waals surface area contributed by atoms with Crippen molar-refractivity contribution < 1.29 is 4.79 Å². The summed E-state index contributed by atoms with van der Waals surface area (Å²) in [6.07, 6.45) is 0.633. The summed E-state index contributed by atoms with van der Waals surface area (Å²) in [5.41, 5.74) is 6.00. The molecule has 0 atom stereocenters. The van der Waals surface area contributed by atoms with Gasteiger partial charge in [-0.3, -0.25) is 19.3 Å². The number of amides is 1. The van der Waals surface area contributed by atoms with Crippen molar-refractivity contribution in [2.24, 2.45) is 4.99 Å². The van der Waals surface area contributed by atoms with Gasteiger partial charge in [0.05, 0.1) is 24.3 Å². The Morgan fingerprint density at radius 3 is 2.17 bits per heavy atom. The van der Waals surface area contributed by atoms with E-state index in [0.717, 1.165) is 16.8 Å². The Bertz CT molecular complexity index is 1450. The fourth-order valence-electron chi connectivity index (χ4n) is 5.10. The van der Waals surface area contributed by atoms with Crippen LogP contribution in [0.1, 0.15) is 41.0 Å². The largest absolute Gasteiger partial charge is 0.292 e. The maximum atomic E-state index is 13.6. The van der Waals surface area contributed by atoms with Crippen molar-refractivity contribution in [2.45, 2.75) is 32.4 Å². The number of carbonyl (C=O) groups excluding carboxylic acids is 1. The second-order valence-corrected chi connectivity index (χ2v) is 10.2. The van der Waals surface area contributed by atoms with Crippen LogP contribution in [0.4, 0.5) is 5.82 Å². The van der Waals surface area contributed by atoms with Gasteiger partial charge in [-0.25, -0.2) is 4.99 Å². The molecule has 2 aliphatic heterocycles. The Morgan fingerprint density at radius 1 is 0.833 bits per heavy atom. The van der Waals surface area contributed by atoms with Gasteiger partial charge in [-0.05, 0) is 36.1 Å². The van der Waals surface area contributed by atoms with Crippen LogP contribution in [0.25, 0.3) is 11.1 Å². The van der Waals surface area contributed by atoms with Gasteiger partial charge < -0.3 is 0 Å². The molecule has 1 aromatic heterocycles. The first-order valence-electron chi connectivity index (χ1n) is 12.3. The Morgan fingerprint density at radius 2 is 1.47 bits per heavy atom. The minimum absolute atomic E-state index is 0.0469. The summed E-state index contributed by atoms with van der Waals surface area (Å²) in [4.78, 5) is 22.2. The highest BCUT2D eigenvalue weighted by Crippen LogP contribution is 2.36. The van der Waals surface area contributed by atoms with Crippen molar-refractivity contribution in [2.75, 3.05) is 18.5 Å². The predicted octanol–water partition coefficient (Wildman–Crippen LogP) is 5.23. The average Bonchev–Trinajstić information content (AvgIpc) is 3.41. The molecular formula is C30H29N5O. The second-order valence-electron chi connectivity index (χ2n) is 10.2. The van der Waals surface area contributed by atoms with Crippen LogP contribution in [0.5, 0.6) is 0 Å². The maximum Gasteiger partial charge on any atom is 0.266 e. The van der Waals surface area contributed by atoms with E-state index in [1.54, 1.807) is 4.90 Å². The smallest absolute Gasteiger partial charge is 0.266 e. The molecule has 3 aromatic carbocycles. The van der Waals surface area contributed by atoms with E-state index in [2.05, 4.69) is 79.4 Å². The number of carbonyl (C=O) groups is 1.